The number of carbonyl (C=O) groups is 1. The third-order valence-corrected chi connectivity index (χ3v) is 3.16. The van der Waals surface area contributed by atoms with Crippen LogP contribution in [0.25, 0.3) is 11.1 Å². The lowest BCUT2D eigenvalue weighted by Gasteiger charge is -2.16. The Bertz CT molecular complexity index is 729. The highest BCUT2D eigenvalue weighted by atomic mass is 19.4. The van der Waals surface area contributed by atoms with Crippen LogP contribution in [0.2, 0.25) is 0 Å². The van der Waals surface area contributed by atoms with Crippen LogP contribution in [0, 0.1) is 6.92 Å². The van der Waals surface area contributed by atoms with Crippen LogP contribution in [0.5, 0.6) is 5.75 Å². The molecule has 4 nitrogen and oxygen atoms in total. The van der Waals surface area contributed by atoms with Gasteiger partial charge in [0.05, 0.1) is 5.56 Å². The highest BCUT2D eigenvalue weighted by Gasteiger charge is 2.31. The first-order valence-electron chi connectivity index (χ1n) is 6.71. The molecule has 1 heterocycles. The van der Waals surface area contributed by atoms with Gasteiger partial charge in [0.2, 0.25) is 0 Å². The van der Waals surface area contributed by atoms with Gasteiger partial charge in [0.15, 0.2) is 6.10 Å². The number of aryl methyl sites for hydroxylation is 1. The number of ether oxygens (including phenoxy) is 1. The molecule has 122 valence electrons. The molecular formula is C16H14F3NO3. The minimum atomic E-state index is -4.51. The van der Waals surface area contributed by atoms with E-state index in [2.05, 4.69) is 4.98 Å². The van der Waals surface area contributed by atoms with E-state index in [4.69, 9.17) is 9.84 Å². The number of aromatic nitrogens is 1. The molecule has 0 radical (unpaired) electrons. The molecule has 7 heteroatoms. The predicted octanol–water partition coefficient (Wildman–Crippen LogP) is 3.93. The molecule has 0 aliphatic carbocycles. The van der Waals surface area contributed by atoms with Gasteiger partial charge in [-0.25, -0.2) is 4.79 Å². The fraction of sp³-hybridized carbons (Fsp3) is 0.250. The van der Waals surface area contributed by atoms with Gasteiger partial charge in [0.25, 0.3) is 0 Å². The highest BCUT2D eigenvalue weighted by molar-refractivity contribution is 5.75. The Morgan fingerprint density at radius 3 is 2.57 bits per heavy atom. The maximum absolute atomic E-state index is 12.8. The Hall–Kier alpha value is -2.57. The Morgan fingerprint density at radius 2 is 1.96 bits per heavy atom. The van der Waals surface area contributed by atoms with E-state index in [1.807, 2.05) is 0 Å². The average molecular weight is 325 g/mol. The van der Waals surface area contributed by atoms with Crippen molar-refractivity contribution in [2.45, 2.75) is 26.1 Å². The predicted molar refractivity (Wildman–Crippen MR) is 77.1 cm³/mol. The van der Waals surface area contributed by atoms with Gasteiger partial charge in [0.1, 0.15) is 5.75 Å². The normalized spacial score (nSPS) is 12.7. The van der Waals surface area contributed by atoms with Crippen LogP contribution in [0.1, 0.15) is 18.1 Å². The van der Waals surface area contributed by atoms with Crippen LogP contribution in [0.3, 0.4) is 0 Å². The molecule has 0 fully saturated rings. The van der Waals surface area contributed by atoms with Crippen molar-refractivity contribution in [1.82, 2.24) is 4.98 Å². The lowest BCUT2D eigenvalue weighted by Crippen LogP contribution is -2.23. The van der Waals surface area contributed by atoms with Crippen molar-refractivity contribution in [3.63, 3.8) is 0 Å². The molecule has 0 aliphatic heterocycles. The van der Waals surface area contributed by atoms with E-state index >= 15 is 0 Å². The summed E-state index contributed by atoms with van der Waals surface area (Å²) in [6.45, 7) is 3.12. The van der Waals surface area contributed by atoms with E-state index in [9.17, 15) is 18.0 Å². The maximum atomic E-state index is 12.8. The third kappa shape index (κ3) is 4.00. The summed E-state index contributed by atoms with van der Waals surface area (Å²) >= 11 is 0. The van der Waals surface area contributed by atoms with Crippen molar-refractivity contribution < 1.29 is 27.8 Å². The van der Waals surface area contributed by atoms with E-state index in [0.29, 0.717) is 5.56 Å². The molecule has 1 N–H and O–H groups in total. The van der Waals surface area contributed by atoms with Crippen molar-refractivity contribution >= 4 is 5.97 Å². The van der Waals surface area contributed by atoms with Crippen LogP contribution >= 0.6 is 0 Å². The van der Waals surface area contributed by atoms with Crippen molar-refractivity contribution in [1.29, 1.82) is 0 Å². The number of carboxylic acids is 1. The quantitative estimate of drug-likeness (QED) is 0.925. The molecule has 0 saturated heterocycles. The average Bonchev–Trinajstić information content (AvgIpc) is 2.48. The van der Waals surface area contributed by atoms with Gasteiger partial charge >= 0.3 is 12.1 Å². The minimum absolute atomic E-state index is 0.187. The van der Waals surface area contributed by atoms with Crippen LogP contribution in [-0.4, -0.2) is 22.2 Å². The van der Waals surface area contributed by atoms with Crippen molar-refractivity contribution in [2.75, 3.05) is 0 Å². The van der Waals surface area contributed by atoms with E-state index < -0.39 is 23.8 Å². The zero-order valence-corrected chi connectivity index (χ0v) is 12.4. The highest BCUT2D eigenvalue weighted by Crippen LogP contribution is 2.35. The zero-order chi connectivity index (χ0) is 17.2. The Balaban J connectivity index is 2.50. The number of carboxylic acid groups (broad SMARTS) is 1. The third-order valence-electron chi connectivity index (χ3n) is 3.16. The second-order valence-corrected chi connectivity index (χ2v) is 5.06. The summed E-state index contributed by atoms with van der Waals surface area (Å²) in [6, 6.07) is 5.81. The standard InChI is InChI=1S/C16H14F3NO3/c1-9-3-4-14(23-10(2)15(21)22)13(5-9)11-6-12(8-20-7-11)16(17,18)19/h3-8,10H,1-2H3,(H,21,22). The number of benzene rings is 1. The van der Waals surface area contributed by atoms with E-state index in [-0.39, 0.29) is 11.3 Å². The molecule has 0 spiro atoms. The number of hydrogen-bond acceptors (Lipinski definition) is 3. The van der Waals surface area contributed by atoms with Gasteiger partial charge in [-0.15, -0.1) is 0 Å². The second-order valence-electron chi connectivity index (χ2n) is 5.06. The number of halogens is 3. The molecule has 0 amide bonds. The van der Waals surface area contributed by atoms with Crippen molar-refractivity contribution in [3.05, 3.63) is 47.8 Å². The Labute approximate surface area is 130 Å². The number of aliphatic carboxylic acids is 1. The number of nitrogens with zero attached hydrogens (tertiary/aromatic N) is 1. The van der Waals surface area contributed by atoms with Crippen molar-refractivity contribution in [2.24, 2.45) is 0 Å². The van der Waals surface area contributed by atoms with Crippen LogP contribution in [0.15, 0.2) is 36.7 Å². The number of hydrogen-bond donors (Lipinski definition) is 1. The molecule has 1 aromatic heterocycles. The molecule has 0 saturated carbocycles. The van der Waals surface area contributed by atoms with Gasteiger partial charge in [-0.2, -0.15) is 13.2 Å². The lowest BCUT2D eigenvalue weighted by molar-refractivity contribution is -0.144. The molecule has 23 heavy (non-hydrogen) atoms. The summed E-state index contributed by atoms with van der Waals surface area (Å²) in [6.07, 6.45) is -3.63. The fourth-order valence-electron chi connectivity index (χ4n) is 1.96. The first kappa shape index (κ1) is 16.8. The first-order valence-corrected chi connectivity index (χ1v) is 6.71. The van der Waals surface area contributed by atoms with Crippen LogP contribution in [0.4, 0.5) is 13.2 Å². The number of pyridine rings is 1. The first-order chi connectivity index (χ1) is 10.7. The van der Waals surface area contributed by atoms with Crippen LogP contribution < -0.4 is 4.74 Å². The lowest BCUT2D eigenvalue weighted by atomic mass is 10.0. The summed E-state index contributed by atoms with van der Waals surface area (Å²) in [7, 11) is 0. The second kappa shape index (κ2) is 6.28. The SMILES string of the molecule is Cc1ccc(OC(C)C(=O)O)c(-c2cncc(C(F)(F)F)c2)c1. The van der Waals surface area contributed by atoms with Gasteiger partial charge in [-0.3, -0.25) is 4.98 Å². The summed E-state index contributed by atoms with van der Waals surface area (Å²) in [4.78, 5) is 14.5. The smallest absolute Gasteiger partial charge is 0.417 e. The number of alkyl halides is 3. The molecule has 1 atom stereocenters. The summed E-state index contributed by atoms with van der Waals surface area (Å²) < 4.78 is 43.8. The fourth-order valence-corrected chi connectivity index (χ4v) is 1.96. The Morgan fingerprint density at radius 1 is 1.26 bits per heavy atom. The molecule has 1 unspecified atom stereocenters. The zero-order valence-electron chi connectivity index (χ0n) is 12.4. The topological polar surface area (TPSA) is 59.4 Å². The maximum Gasteiger partial charge on any atom is 0.417 e. The summed E-state index contributed by atoms with van der Waals surface area (Å²) in [5.74, 6) is -0.981. The van der Waals surface area contributed by atoms with Gasteiger partial charge in [-0.1, -0.05) is 11.6 Å². The van der Waals surface area contributed by atoms with Crippen LogP contribution in [-0.2, 0) is 11.0 Å². The molecule has 0 bridgehead atoms. The summed E-state index contributed by atoms with van der Waals surface area (Å²) in [5.41, 5.74) is 0.481. The molecule has 2 rings (SSSR count). The minimum Gasteiger partial charge on any atom is -0.479 e. The number of rotatable bonds is 4. The van der Waals surface area contributed by atoms with Gasteiger partial charge in [-0.05, 0) is 32.0 Å². The monoisotopic (exact) mass is 325 g/mol. The van der Waals surface area contributed by atoms with Crippen molar-refractivity contribution in [3.8, 4) is 16.9 Å². The van der Waals surface area contributed by atoms with E-state index in [1.165, 1.54) is 19.2 Å². The summed E-state index contributed by atoms with van der Waals surface area (Å²) in [5, 5.41) is 8.92. The molecule has 2 aromatic rings. The largest absolute Gasteiger partial charge is 0.479 e. The molecule has 0 aliphatic rings. The van der Waals surface area contributed by atoms with E-state index in [0.717, 1.165) is 17.8 Å². The molecule has 1 aromatic carbocycles. The Kier molecular flexibility index (Phi) is 4.58. The molecular weight excluding hydrogens is 311 g/mol. The van der Waals surface area contributed by atoms with Gasteiger partial charge < -0.3 is 9.84 Å². The van der Waals surface area contributed by atoms with Gasteiger partial charge in [0, 0.05) is 23.5 Å². The van der Waals surface area contributed by atoms with E-state index in [1.54, 1.807) is 19.1 Å².